The Kier molecular flexibility index (Phi) is 4.19. The highest BCUT2D eigenvalue weighted by molar-refractivity contribution is 6.31. The lowest BCUT2D eigenvalue weighted by atomic mass is 10.1. The van der Waals surface area contributed by atoms with Gasteiger partial charge in [0.25, 0.3) is 11.6 Å². The first-order valence-corrected chi connectivity index (χ1v) is 6.36. The van der Waals surface area contributed by atoms with Gasteiger partial charge in [0.2, 0.25) is 5.91 Å². The zero-order chi connectivity index (χ0) is 14.7. The third-order valence-corrected chi connectivity index (χ3v) is 2.99. The standard InChI is InChI=1S/C12H12ClN3O4/c13-7-1-4-9(10(5-7)16(19)20)12(18)14-6-11(17)15-8-2-3-8/h1,4-5,8H,2-3,6H2,(H,14,18)(H,15,17). The number of carbonyl (C=O) groups is 2. The largest absolute Gasteiger partial charge is 0.352 e. The number of amides is 2. The molecule has 0 unspecified atom stereocenters. The van der Waals surface area contributed by atoms with Gasteiger partial charge in [-0.3, -0.25) is 19.7 Å². The fourth-order valence-corrected chi connectivity index (χ4v) is 1.78. The van der Waals surface area contributed by atoms with E-state index in [1.807, 2.05) is 0 Å². The Hall–Kier alpha value is -2.15. The predicted octanol–water partition coefficient (Wildman–Crippen LogP) is 1.26. The second-order valence-electron chi connectivity index (χ2n) is 4.44. The first-order chi connectivity index (χ1) is 9.47. The van der Waals surface area contributed by atoms with Crippen LogP contribution >= 0.6 is 11.6 Å². The number of rotatable bonds is 5. The Labute approximate surface area is 119 Å². The molecule has 1 aromatic rings. The molecule has 0 radical (unpaired) electrons. The molecule has 0 heterocycles. The van der Waals surface area contributed by atoms with Gasteiger partial charge in [-0.1, -0.05) is 11.6 Å². The number of halogens is 1. The molecular weight excluding hydrogens is 286 g/mol. The number of nitrogens with zero attached hydrogens (tertiary/aromatic N) is 1. The van der Waals surface area contributed by atoms with Crippen LogP contribution in [-0.4, -0.2) is 29.3 Å². The summed E-state index contributed by atoms with van der Waals surface area (Å²) in [6, 6.07) is 3.94. The zero-order valence-electron chi connectivity index (χ0n) is 10.4. The normalized spacial score (nSPS) is 13.7. The van der Waals surface area contributed by atoms with Crippen molar-refractivity contribution < 1.29 is 14.5 Å². The molecule has 1 aromatic carbocycles. The summed E-state index contributed by atoms with van der Waals surface area (Å²) >= 11 is 5.66. The van der Waals surface area contributed by atoms with E-state index in [0.717, 1.165) is 18.9 Å². The Morgan fingerprint density at radius 3 is 2.70 bits per heavy atom. The molecule has 0 atom stereocenters. The van der Waals surface area contributed by atoms with Crippen LogP contribution in [0.25, 0.3) is 0 Å². The third kappa shape index (κ3) is 3.67. The van der Waals surface area contributed by atoms with Crippen molar-refractivity contribution in [2.45, 2.75) is 18.9 Å². The Balaban J connectivity index is 2.01. The van der Waals surface area contributed by atoms with Crippen molar-refractivity contribution in [1.29, 1.82) is 0 Å². The minimum absolute atomic E-state index is 0.126. The van der Waals surface area contributed by atoms with E-state index >= 15 is 0 Å². The summed E-state index contributed by atoms with van der Waals surface area (Å²) in [5, 5.41) is 16.1. The van der Waals surface area contributed by atoms with Crippen LogP contribution in [0.1, 0.15) is 23.2 Å². The van der Waals surface area contributed by atoms with Crippen LogP contribution in [0.4, 0.5) is 5.69 Å². The van der Waals surface area contributed by atoms with Gasteiger partial charge in [-0.05, 0) is 25.0 Å². The maximum absolute atomic E-state index is 11.8. The number of nitro benzene ring substituents is 1. The van der Waals surface area contributed by atoms with Crippen LogP contribution in [-0.2, 0) is 4.79 Å². The number of benzene rings is 1. The number of hydrogen-bond acceptors (Lipinski definition) is 4. The van der Waals surface area contributed by atoms with Crippen molar-refractivity contribution in [3.63, 3.8) is 0 Å². The smallest absolute Gasteiger partial charge is 0.283 e. The highest BCUT2D eigenvalue weighted by atomic mass is 35.5. The topological polar surface area (TPSA) is 101 Å². The first kappa shape index (κ1) is 14.3. The molecule has 7 nitrogen and oxygen atoms in total. The lowest BCUT2D eigenvalue weighted by Crippen LogP contribution is -2.38. The lowest BCUT2D eigenvalue weighted by Gasteiger charge is -2.06. The quantitative estimate of drug-likeness (QED) is 0.631. The molecule has 1 fully saturated rings. The van der Waals surface area contributed by atoms with E-state index in [0.29, 0.717) is 0 Å². The van der Waals surface area contributed by atoms with Crippen LogP contribution in [0.3, 0.4) is 0 Å². The molecule has 2 rings (SSSR count). The van der Waals surface area contributed by atoms with E-state index in [2.05, 4.69) is 10.6 Å². The fourth-order valence-electron chi connectivity index (χ4n) is 1.61. The molecule has 0 spiro atoms. The molecule has 1 aliphatic carbocycles. The first-order valence-electron chi connectivity index (χ1n) is 5.99. The summed E-state index contributed by atoms with van der Waals surface area (Å²) < 4.78 is 0. The number of nitrogens with one attached hydrogen (secondary N) is 2. The lowest BCUT2D eigenvalue weighted by molar-refractivity contribution is -0.385. The van der Waals surface area contributed by atoms with E-state index in [-0.39, 0.29) is 29.1 Å². The molecule has 0 saturated heterocycles. The summed E-state index contributed by atoms with van der Waals surface area (Å²) in [4.78, 5) is 33.4. The van der Waals surface area contributed by atoms with E-state index in [4.69, 9.17) is 11.6 Å². The van der Waals surface area contributed by atoms with Crippen molar-refractivity contribution in [3.05, 3.63) is 38.9 Å². The maximum Gasteiger partial charge on any atom is 0.283 e. The number of carbonyl (C=O) groups excluding carboxylic acids is 2. The van der Waals surface area contributed by atoms with Crippen LogP contribution in [0.2, 0.25) is 5.02 Å². The maximum atomic E-state index is 11.8. The summed E-state index contributed by atoms with van der Waals surface area (Å²) in [6.45, 7) is -0.213. The van der Waals surface area contributed by atoms with E-state index in [9.17, 15) is 19.7 Å². The SMILES string of the molecule is O=C(CNC(=O)c1ccc(Cl)cc1[N+](=O)[O-])NC1CC1. The van der Waals surface area contributed by atoms with Gasteiger partial charge < -0.3 is 10.6 Å². The fraction of sp³-hybridized carbons (Fsp3) is 0.333. The van der Waals surface area contributed by atoms with Crippen molar-refractivity contribution in [2.75, 3.05) is 6.54 Å². The molecule has 0 aliphatic heterocycles. The minimum atomic E-state index is -0.689. The molecule has 0 bridgehead atoms. The Morgan fingerprint density at radius 2 is 2.10 bits per heavy atom. The molecule has 106 valence electrons. The Bertz CT molecular complexity index is 572. The number of nitro groups is 1. The van der Waals surface area contributed by atoms with Crippen LogP contribution < -0.4 is 10.6 Å². The van der Waals surface area contributed by atoms with Crippen molar-refractivity contribution in [1.82, 2.24) is 10.6 Å². The van der Waals surface area contributed by atoms with E-state index in [1.54, 1.807) is 0 Å². The molecule has 1 aliphatic rings. The summed E-state index contributed by atoms with van der Waals surface area (Å²) in [5.41, 5.74) is -0.517. The zero-order valence-corrected chi connectivity index (χ0v) is 11.1. The third-order valence-electron chi connectivity index (χ3n) is 2.75. The molecule has 8 heteroatoms. The molecule has 2 amide bonds. The highest BCUT2D eigenvalue weighted by Crippen LogP contribution is 2.23. The van der Waals surface area contributed by atoms with Crippen LogP contribution in [0.15, 0.2) is 18.2 Å². The van der Waals surface area contributed by atoms with Gasteiger partial charge in [0.15, 0.2) is 0 Å². The summed E-state index contributed by atoms with van der Waals surface area (Å²) in [7, 11) is 0. The highest BCUT2D eigenvalue weighted by Gasteiger charge is 2.24. The van der Waals surface area contributed by atoms with Crippen molar-refractivity contribution >= 4 is 29.1 Å². The van der Waals surface area contributed by atoms with Crippen LogP contribution in [0, 0.1) is 10.1 Å². The van der Waals surface area contributed by atoms with Crippen molar-refractivity contribution in [3.8, 4) is 0 Å². The second-order valence-corrected chi connectivity index (χ2v) is 4.88. The number of hydrogen-bond donors (Lipinski definition) is 2. The Morgan fingerprint density at radius 1 is 1.40 bits per heavy atom. The van der Waals surface area contributed by atoms with Gasteiger partial charge in [0.1, 0.15) is 5.56 Å². The molecular formula is C12H12ClN3O4. The average Bonchev–Trinajstić information content (AvgIpc) is 3.19. The monoisotopic (exact) mass is 297 g/mol. The van der Waals surface area contributed by atoms with Gasteiger partial charge in [-0.2, -0.15) is 0 Å². The van der Waals surface area contributed by atoms with E-state index < -0.39 is 16.5 Å². The van der Waals surface area contributed by atoms with Gasteiger partial charge >= 0.3 is 0 Å². The van der Waals surface area contributed by atoms with Crippen molar-refractivity contribution in [2.24, 2.45) is 0 Å². The summed E-state index contributed by atoms with van der Waals surface area (Å²) in [5.74, 6) is -0.989. The summed E-state index contributed by atoms with van der Waals surface area (Å²) in [6.07, 6.45) is 1.89. The molecule has 1 saturated carbocycles. The molecule has 2 N–H and O–H groups in total. The van der Waals surface area contributed by atoms with Gasteiger partial charge in [0, 0.05) is 17.1 Å². The minimum Gasteiger partial charge on any atom is -0.352 e. The van der Waals surface area contributed by atoms with Gasteiger partial charge in [0.05, 0.1) is 11.5 Å². The van der Waals surface area contributed by atoms with Crippen LogP contribution in [0.5, 0.6) is 0 Å². The van der Waals surface area contributed by atoms with Gasteiger partial charge in [-0.25, -0.2) is 0 Å². The van der Waals surface area contributed by atoms with Gasteiger partial charge in [-0.15, -0.1) is 0 Å². The molecule has 20 heavy (non-hydrogen) atoms. The predicted molar refractivity (Wildman–Crippen MR) is 71.6 cm³/mol. The average molecular weight is 298 g/mol. The molecule has 0 aromatic heterocycles. The van der Waals surface area contributed by atoms with E-state index in [1.165, 1.54) is 12.1 Å². The second kappa shape index (κ2) is 5.87.